The maximum absolute atomic E-state index is 13.5. The predicted octanol–water partition coefficient (Wildman–Crippen LogP) is 3.04. The summed E-state index contributed by atoms with van der Waals surface area (Å²) in [7, 11) is -2.36. The smallest absolute Gasteiger partial charge is 0.169 e. The van der Waals surface area contributed by atoms with Crippen molar-refractivity contribution in [3.05, 3.63) is 24.5 Å². The van der Waals surface area contributed by atoms with Gasteiger partial charge in [0.15, 0.2) is 11.5 Å². The van der Waals surface area contributed by atoms with Gasteiger partial charge in [0.1, 0.15) is 5.82 Å². The van der Waals surface area contributed by atoms with Crippen molar-refractivity contribution in [3.63, 3.8) is 0 Å². The Morgan fingerprint density at radius 1 is 1.33 bits per heavy atom. The summed E-state index contributed by atoms with van der Waals surface area (Å²) in [4.78, 5) is 7.15. The zero-order valence-electron chi connectivity index (χ0n) is 17.3. The number of hydrogen-bond acceptors (Lipinski definition) is 7. The van der Waals surface area contributed by atoms with Crippen molar-refractivity contribution in [2.45, 2.75) is 43.9 Å². The van der Waals surface area contributed by atoms with Crippen LogP contribution in [0.3, 0.4) is 0 Å². The van der Waals surface area contributed by atoms with E-state index in [9.17, 15) is 4.21 Å². The molecule has 0 bridgehead atoms. The highest BCUT2D eigenvalue weighted by Crippen LogP contribution is 2.34. The molecule has 1 saturated carbocycles. The SMILES string of the molecule is C[C@@H]1COCCN1c1cc(N=S(C)(=O)C2CCCC2)c2cnn(-c3ccn[nH]3)c2n1. The van der Waals surface area contributed by atoms with E-state index in [4.69, 9.17) is 14.1 Å². The summed E-state index contributed by atoms with van der Waals surface area (Å²) in [6, 6.07) is 4.00. The van der Waals surface area contributed by atoms with Crippen LogP contribution in [-0.2, 0) is 14.5 Å². The molecule has 0 radical (unpaired) electrons. The van der Waals surface area contributed by atoms with Crippen molar-refractivity contribution in [1.29, 1.82) is 0 Å². The van der Waals surface area contributed by atoms with Gasteiger partial charge in [-0.1, -0.05) is 12.8 Å². The number of morpholine rings is 1. The first kappa shape index (κ1) is 19.5. The van der Waals surface area contributed by atoms with Gasteiger partial charge in [-0.05, 0) is 19.8 Å². The average molecular weight is 430 g/mol. The predicted molar refractivity (Wildman–Crippen MR) is 117 cm³/mol. The number of aromatic amines is 1. The topological polar surface area (TPSA) is 101 Å². The molecule has 30 heavy (non-hydrogen) atoms. The lowest BCUT2D eigenvalue weighted by Crippen LogP contribution is -2.44. The number of hydrogen-bond donors (Lipinski definition) is 1. The van der Waals surface area contributed by atoms with E-state index in [0.717, 1.165) is 49.2 Å². The monoisotopic (exact) mass is 429 g/mol. The van der Waals surface area contributed by atoms with Crippen molar-refractivity contribution in [1.82, 2.24) is 25.0 Å². The van der Waals surface area contributed by atoms with Gasteiger partial charge in [0.2, 0.25) is 0 Å². The molecule has 4 heterocycles. The van der Waals surface area contributed by atoms with E-state index < -0.39 is 9.73 Å². The molecule has 160 valence electrons. The molecule has 1 aliphatic carbocycles. The molecule has 1 N–H and O–H groups in total. The molecule has 9 nitrogen and oxygen atoms in total. The number of H-pyrrole nitrogens is 1. The van der Waals surface area contributed by atoms with Crippen LogP contribution in [0.25, 0.3) is 16.9 Å². The lowest BCUT2D eigenvalue weighted by atomic mass is 10.2. The summed E-state index contributed by atoms with van der Waals surface area (Å²) in [5.41, 5.74) is 1.37. The third-order valence-corrected chi connectivity index (χ3v) is 8.35. The maximum atomic E-state index is 13.5. The van der Waals surface area contributed by atoms with Gasteiger partial charge in [0.25, 0.3) is 0 Å². The van der Waals surface area contributed by atoms with Crippen LogP contribution in [-0.4, -0.2) is 66.5 Å². The largest absolute Gasteiger partial charge is 0.377 e. The first-order valence-corrected chi connectivity index (χ1v) is 12.5. The van der Waals surface area contributed by atoms with Gasteiger partial charge in [-0.15, -0.1) is 0 Å². The van der Waals surface area contributed by atoms with Crippen LogP contribution in [0.4, 0.5) is 11.5 Å². The summed E-state index contributed by atoms with van der Waals surface area (Å²) in [6.07, 6.45) is 9.45. The van der Waals surface area contributed by atoms with Crippen LogP contribution >= 0.6 is 0 Å². The van der Waals surface area contributed by atoms with Gasteiger partial charge in [-0.25, -0.2) is 9.19 Å². The highest BCUT2D eigenvalue weighted by atomic mass is 32.2. The van der Waals surface area contributed by atoms with E-state index in [-0.39, 0.29) is 11.3 Å². The highest BCUT2D eigenvalue weighted by molar-refractivity contribution is 7.93. The molecule has 0 spiro atoms. The zero-order chi connectivity index (χ0) is 20.7. The van der Waals surface area contributed by atoms with Gasteiger partial charge in [0.05, 0.1) is 52.5 Å². The molecule has 0 amide bonds. The van der Waals surface area contributed by atoms with Crippen LogP contribution in [0.15, 0.2) is 28.9 Å². The van der Waals surface area contributed by atoms with Crippen LogP contribution in [0.2, 0.25) is 0 Å². The second-order valence-corrected chi connectivity index (χ2v) is 10.8. The summed E-state index contributed by atoms with van der Waals surface area (Å²) < 4.78 is 25.7. The molecule has 0 aromatic carbocycles. The van der Waals surface area contributed by atoms with E-state index >= 15 is 0 Å². The van der Waals surface area contributed by atoms with Gasteiger partial charge in [-0.3, -0.25) is 5.10 Å². The van der Waals surface area contributed by atoms with Gasteiger partial charge < -0.3 is 9.64 Å². The van der Waals surface area contributed by atoms with Crippen molar-refractivity contribution >= 4 is 32.3 Å². The number of nitrogens with one attached hydrogen (secondary N) is 1. The third-order valence-electron chi connectivity index (χ3n) is 6.08. The van der Waals surface area contributed by atoms with Gasteiger partial charge >= 0.3 is 0 Å². The number of nitrogens with zero attached hydrogens (tertiary/aromatic N) is 6. The summed E-state index contributed by atoms with van der Waals surface area (Å²) in [5.74, 6) is 1.53. The molecule has 1 unspecified atom stereocenters. The normalized spacial score (nSPS) is 22.5. The zero-order valence-corrected chi connectivity index (χ0v) is 18.1. The molecule has 5 rings (SSSR count). The van der Waals surface area contributed by atoms with Crippen molar-refractivity contribution in [3.8, 4) is 5.82 Å². The minimum Gasteiger partial charge on any atom is -0.377 e. The van der Waals surface area contributed by atoms with Crippen LogP contribution < -0.4 is 4.90 Å². The van der Waals surface area contributed by atoms with Gasteiger partial charge in [0, 0.05) is 30.2 Å². The van der Waals surface area contributed by atoms with Crippen LogP contribution in [0.1, 0.15) is 32.6 Å². The fourth-order valence-electron chi connectivity index (χ4n) is 4.40. The Morgan fingerprint density at radius 3 is 2.90 bits per heavy atom. The molecule has 1 aliphatic heterocycles. The van der Waals surface area contributed by atoms with Crippen LogP contribution in [0.5, 0.6) is 0 Å². The Morgan fingerprint density at radius 2 is 2.17 bits per heavy atom. The second kappa shape index (κ2) is 7.66. The first-order chi connectivity index (χ1) is 14.5. The van der Waals surface area contributed by atoms with E-state index in [1.165, 1.54) is 0 Å². The number of aromatic nitrogens is 5. The van der Waals surface area contributed by atoms with E-state index in [1.54, 1.807) is 23.3 Å². The van der Waals surface area contributed by atoms with Crippen LogP contribution in [0, 0.1) is 0 Å². The Bertz CT molecular complexity index is 1160. The summed E-state index contributed by atoms with van der Waals surface area (Å²) >= 11 is 0. The van der Waals surface area contributed by atoms with E-state index in [1.807, 2.05) is 12.1 Å². The average Bonchev–Trinajstić information content (AvgIpc) is 3.48. The maximum Gasteiger partial charge on any atom is 0.169 e. The first-order valence-electron chi connectivity index (χ1n) is 10.5. The Labute approximate surface area is 176 Å². The van der Waals surface area contributed by atoms with Crippen molar-refractivity contribution < 1.29 is 8.95 Å². The molecule has 2 atom stereocenters. The highest BCUT2D eigenvalue weighted by Gasteiger charge is 2.26. The molecule has 10 heteroatoms. The van der Waals surface area contributed by atoms with Crippen molar-refractivity contribution in [2.75, 3.05) is 30.9 Å². The Hall–Kier alpha value is -2.46. The quantitative estimate of drug-likeness (QED) is 0.684. The lowest BCUT2D eigenvalue weighted by Gasteiger charge is -2.34. The number of pyridine rings is 1. The number of rotatable bonds is 4. The molecule has 2 fully saturated rings. The Balaban J connectivity index is 1.69. The Kier molecular flexibility index (Phi) is 4.98. The molecule has 3 aromatic heterocycles. The number of ether oxygens (including phenoxy) is 1. The molecule has 1 saturated heterocycles. The van der Waals surface area contributed by atoms with Gasteiger partial charge in [-0.2, -0.15) is 19.2 Å². The van der Waals surface area contributed by atoms with Crippen molar-refractivity contribution in [2.24, 2.45) is 4.36 Å². The third kappa shape index (κ3) is 3.47. The van der Waals surface area contributed by atoms with E-state index in [2.05, 4.69) is 27.1 Å². The second-order valence-electron chi connectivity index (χ2n) is 8.21. The molecule has 2 aliphatic rings. The minimum atomic E-state index is -2.36. The summed E-state index contributed by atoms with van der Waals surface area (Å²) in [5, 5.41) is 12.4. The number of fused-ring (bicyclic) bond motifs is 1. The summed E-state index contributed by atoms with van der Waals surface area (Å²) in [6.45, 7) is 4.18. The molecular weight excluding hydrogens is 402 g/mol. The minimum absolute atomic E-state index is 0.147. The standard InChI is InChI=1S/C20H27N7O2S/c1-14-13-29-10-9-26(14)19-11-17(25-30(2,28)15-5-3-4-6-15)16-12-22-27(20(16)23-19)18-7-8-21-24-18/h7-8,11-12,14-15H,3-6,9-10,13H2,1-2H3,(H,21,24)/t14-,30?/m1/s1. The fraction of sp³-hybridized carbons (Fsp3) is 0.550. The lowest BCUT2D eigenvalue weighted by molar-refractivity contribution is 0.0985. The fourth-order valence-corrected chi connectivity index (χ4v) is 6.30. The molecular formula is C20H27N7O2S. The van der Waals surface area contributed by atoms with E-state index in [0.29, 0.717) is 24.5 Å². The number of anilines is 1. The molecule has 3 aromatic rings.